The molecule has 0 amide bonds. The van der Waals surface area contributed by atoms with E-state index >= 15 is 0 Å². The van der Waals surface area contributed by atoms with Crippen molar-refractivity contribution in [1.82, 2.24) is 10.3 Å². The summed E-state index contributed by atoms with van der Waals surface area (Å²) in [5.74, 6) is 0.866. The molecule has 102 valence electrons. The smallest absolute Gasteiger partial charge is 0.185 e. The SMILES string of the molecule is CCC1CCN(c2ncc(CNC(C)(C)C)s2)C1. The Morgan fingerprint density at radius 3 is 2.89 bits per heavy atom. The molecule has 1 aliphatic heterocycles. The standard InChI is InChI=1S/C14H25N3S/c1-5-11-6-7-17(10-11)13-15-8-12(18-13)9-16-14(2,3)4/h8,11,16H,5-7,9-10H2,1-4H3. The molecule has 3 nitrogen and oxygen atoms in total. The van der Waals surface area contributed by atoms with Crippen molar-refractivity contribution in [2.75, 3.05) is 18.0 Å². The molecule has 0 aliphatic carbocycles. The van der Waals surface area contributed by atoms with Crippen LogP contribution in [0, 0.1) is 5.92 Å². The van der Waals surface area contributed by atoms with E-state index in [0.29, 0.717) is 0 Å². The predicted octanol–water partition coefficient (Wildman–Crippen LogP) is 3.27. The summed E-state index contributed by atoms with van der Waals surface area (Å²) in [6, 6.07) is 0. The van der Waals surface area contributed by atoms with Crippen molar-refractivity contribution in [1.29, 1.82) is 0 Å². The maximum Gasteiger partial charge on any atom is 0.185 e. The van der Waals surface area contributed by atoms with Crippen molar-refractivity contribution in [2.45, 2.75) is 52.6 Å². The van der Waals surface area contributed by atoms with Gasteiger partial charge in [0.2, 0.25) is 0 Å². The minimum atomic E-state index is 0.172. The molecule has 2 heterocycles. The Morgan fingerprint density at radius 2 is 2.28 bits per heavy atom. The summed E-state index contributed by atoms with van der Waals surface area (Å²) in [5.41, 5.74) is 0.172. The molecule has 1 fully saturated rings. The van der Waals surface area contributed by atoms with Crippen LogP contribution in [0.5, 0.6) is 0 Å². The van der Waals surface area contributed by atoms with Gasteiger partial charge < -0.3 is 10.2 Å². The van der Waals surface area contributed by atoms with Crippen LogP contribution < -0.4 is 10.2 Å². The van der Waals surface area contributed by atoms with E-state index in [1.165, 1.54) is 35.9 Å². The zero-order valence-corrected chi connectivity index (χ0v) is 12.8. The fourth-order valence-corrected chi connectivity index (χ4v) is 3.10. The van der Waals surface area contributed by atoms with Crippen molar-refractivity contribution in [3.05, 3.63) is 11.1 Å². The monoisotopic (exact) mass is 267 g/mol. The van der Waals surface area contributed by atoms with E-state index in [1.807, 2.05) is 17.5 Å². The molecule has 1 N–H and O–H groups in total. The lowest BCUT2D eigenvalue weighted by Gasteiger charge is -2.19. The molecule has 1 aromatic heterocycles. The molecule has 18 heavy (non-hydrogen) atoms. The Labute approximate surface area is 115 Å². The van der Waals surface area contributed by atoms with Crippen LogP contribution in [-0.4, -0.2) is 23.6 Å². The summed E-state index contributed by atoms with van der Waals surface area (Å²) >= 11 is 1.84. The summed E-state index contributed by atoms with van der Waals surface area (Å²) in [7, 11) is 0. The Kier molecular flexibility index (Phi) is 4.28. The summed E-state index contributed by atoms with van der Waals surface area (Å²) in [6.45, 7) is 12.2. The lowest BCUT2D eigenvalue weighted by atomic mass is 10.1. The van der Waals surface area contributed by atoms with Crippen LogP contribution >= 0.6 is 11.3 Å². The molecule has 2 rings (SSSR count). The van der Waals surface area contributed by atoms with E-state index in [1.54, 1.807) is 0 Å². The van der Waals surface area contributed by atoms with Crippen molar-refractivity contribution in [2.24, 2.45) is 5.92 Å². The highest BCUT2D eigenvalue weighted by atomic mass is 32.1. The van der Waals surface area contributed by atoms with Gasteiger partial charge in [0, 0.05) is 36.2 Å². The van der Waals surface area contributed by atoms with E-state index in [2.05, 4.69) is 42.9 Å². The highest BCUT2D eigenvalue weighted by Gasteiger charge is 2.23. The predicted molar refractivity (Wildman–Crippen MR) is 79.3 cm³/mol. The van der Waals surface area contributed by atoms with Gasteiger partial charge in [0.1, 0.15) is 0 Å². The average Bonchev–Trinajstić information content (AvgIpc) is 2.94. The fraction of sp³-hybridized carbons (Fsp3) is 0.786. The van der Waals surface area contributed by atoms with Gasteiger partial charge in [0.05, 0.1) is 0 Å². The molecule has 1 aromatic rings. The van der Waals surface area contributed by atoms with Gasteiger partial charge in [-0.3, -0.25) is 0 Å². The largest absolute Gasteiger partial charge is 0.348 e. The topological polar surface area (TPSA) is 28.2 Å². The fourth-order valence-electron chi connectivity index (χ4n) is 2.22. The second-order valence-corrected chi connectivity index (χ2v) is 7.32. The summed E-state index contributed by atoms with van der Waals surface area (Å²) in [4.78, 5) is 8.35. The summed E-state index contributed by atoms with van der Waals surface area (Å²) in [5, 5.41) is 4.72. The minimum Gasteiger partial charge on any atom is -0.348 e. The molecule has 1 aliphatic rings. The first-order valence-electron chi connectivity index (χ1n) is 6.92. The second-order valence-electron chi connectivity index (χ2n) is 6.22. The van der Waals surface area contributed by atoms with Gasteiger partial charge in [-0.25, -0.2) is 4.98 Å². The highest BCUT2D eigenvalue weighted by Crippen LogP contribution is 2.29. The van der Waals surface area contributed by atoms with Crippen LogP contribution in [-0.2, 0) is 6.54 Å². The van der Waals surface area contributed by atoms with E-state index < -0.39 is 0 Å². The van der Waals surface area contributed by atoms with E-state index in [-0.39, 0.29) is 5.54 Å². The Bertz CT molecular complexity index is 381. The van der Waals surface area contributed by atoms with E-state index in [4.69, 9.17) is 0 Å². The minimum absolute atomic E-state index is 0.172. The van der Waals surface area contributed by atoms with Gasteiger partial charge in [-0.1, -0.05) is 13.3 Å². The van der Waals surface area contributed by atoms with E-state index in [9.17, 15) is 0 Å². The molecule has 0 aromatic carbocycles. The van der Waals surface area contributed by atoms with Gasteiger partial charge in [0.25, 0.3) is 0 Å². The van der Waals surface area contributed by atoms with Gasteiger partial charge in [-0.05, 0) is 33.1 Å². The molecule has 4 heteroatoms. The number of thiazole rings is 1. The van der Waals surface area contributed by atoms with Crippen molar-refractivity contribution in [3.63, 3.8) is 0 Å². The average molecular weight is 267 g/mol. The van der Waals surface area contributed by atoms with Gasteiger partial charge >= 0.3 is 0 Å². The zero-order chi connectivity index (χ0) is 13.2. The molecule has 0 radical (unpaired) electrons. The van der Waals surface area contributed by atoms with Crippen molar-refractivity contribution < 1.29 is 0 Å². The van der Waals surface area contributed by atoms with Crippen LogP contribution in [0.2, 0.25) is 0 Å². The third kappa shape index (κ3) is 3.69. The number of nitrogens with one attached hydrogen (secondary N) is 1. The number of rotatable bonds is 4. The summed E-state index contributed by atoms with van der Waals surface area (Å²) < 4.78 is 0. The molecule has 0 bridgehead atoms. The number of anilines is 1. The Morgan fingerprint density at radius 1 is 1.50 bits per heavy atom. The molecular weight excluding hydrogens is 242 g/mol. The van der Waals surface area contributed by atoms with Crippen molar-refractivity contribution >= 4 is 16.5 Å². The molecular formula is C14H25N3S. The molecule has 0 spiro atoms. The van der Waals surface area contributed by atoms with Crippen LogP contribution in [0.1, 0.15) is 45.4 Å². The first kappa shape index (κ1) is 13.8. The number of nitrogens with zero attached hydrogens (tertiary/aromatic N) is 2. The molecule has 0 saturated carbocycles. The van der Waals surface area contributed by atoms with Crippen LogP contribution in [0.3, 0.4) is 0 Å². The van der Waals surface area contributed by atoms with Gasteiger partial charge in [-0.2, -0.15) is 0 Å². The lowest BCUT2D eigenvalue weighted by molar-refractivity contribution is 0.426. The maximum atomic E-state index is 4.57. The van der Waals surface area contributed by atoms with Crippen molar-refractivity contribution in [3.8, 4) is 0 Å². The van der Waals surface area contributed by atoms with Gasteiger partial charge in [-0.15, -0.1) is 11.3 Å². The molecule has 1 unspecified atom stereocenters. The third-order valence-electron chi connectivity index (χ3n) is 3.47. The maximum absolute atomic E-state index is 4.57. The summed E-state index contributed by atoms with van der Waals surface area (Å²) in [6.07, 6.45) is 4.64. The van der Waals surface area contributed by atoms with Crippen LogP contribution in [0.25, 0.3) is 0 Å². The lowest BCUT2D eigenvalue weighted by Crippen LogP contribution is -2.34. The normalized spacial score (nSPS) is 20.7. The van der Waals surface area contributed by atoms with E-state index in [0.717, 1.165) is 12.5 Å². The third-order valence-corrected chi connectivity index (χ3v) is 4.53. The van der Waals surface area contributed by atoms with Gasteiger partial charge in [0.15, 0.2) is 5.13 Å². The number of aromatic nitrogens is 1. The number of hydrogen-bond acceptors (Lipinski definition) is 4. The first-order valence-corrected chi connectivity index (χ1v) is 7.74. The molecule has 1 atom stereocenters. The van der Waals surface area contributed by atoms with Crippen LogP contribution in [0.15, 0.2) is 6.20 Å². The first-order chi connectivity index (χ1) is 8.48. The zero-order valence-electron chi connectivity index (χ0n) is 12.0. The Hall–Kier alpha value is -0.610. The number of hydrogen-bond donors (Lipinski definition) is 1. The quantitative estimate of drug-likeness (QED) is 0.907. The molecule has 1 saturated heterocycles. The Balaban J connectivity index is 1.90. The second kappa shape index (κ2) is 5.57. The highest BCUT2D eigenvalue weighted by molar-refractivity contribution is 7.15. The van der Waals surface area contributed by atoms with Crippen LogP contribution in [0.4, 0.5) is 5.13 Å².